The van der Waals surface area contributed by atoms with Crippen LogP contribution in [0.1, 0.15) is 18.4 Å². The summed E-state index contributed by atoms with van der Waals surface area (Å²) in [6.45, 7) is 1.40. The lowest BCUT2D eigenvalue weighted by molar-refractivity contribution is -0.120. The molecule has 1 saturated heterocycles. The summed E-state index contributed by atoms with van der Waals surface area (Å²) in [7, 11) is 0. The number of hydrogen-bond donors (Lipinski definition) is 1. The average molecular weight is 309 g/mol. The van der Waals surface area contributed by atoms with E-state index in [2.05, 4.69) is 17.4 Å². The molecule has 23 heavy (non-hydrogen) atoms. The van der Waals surface area contributed by atoms with Crippen LogP contribution in [0.2, 0.25) is 0 Å². The van der Waals surface area contributed by atoms with Crippen LogP contribution in [0.25, 0.3) is 21.7 Å². The summed E-state index contributed by atoms with van der Waals surface area (Å²) in [4.78, 5) is 12.2. The number of fused-ring (bicyclic) bond motifs is 3. The van der Waals surface area contributed by atoms with Gasteiger partial charge in [0.2, 0.25) is 5.91 Å². The molecular formula is C19H19NO3. The van der Waals surface area contributed by atoms with Gasteiger partial charge in [-0.1, -0.05) is 30.3 Å². The molecule has 1 fully saturated rings. The van der Waals surface area contributed by atoms with Crippen LogP contribution >= 0.6 is 0 Å². The SMILES string of the molecule is O=C(Cc1coc2ccc3ccccc3c12)NC[C@@H]1CCCO1. The van der Waals surface area contributed by atoms with Gasteiger partial charge >= 0.3 is 0 Å². The van der Waals surface area contributed by atoms with Gasteiger partial charge in [0.05, 0.1) is 18.8 Å². The summed E-state index contributed by atoms with van der Waals surface area (Å²) < 4.78 is 11.2. The van der Waals surface area contributed by atoms with Crippen molar-refractivity contribution in [2.24, 2.45) is 0 Å². The Hall–Kier alpha value is -2.33. The van der Waals surface area contributed by atoms with Crippen LogP contribution in [0.4, 0.5) is 0 Å². The molecule has 4 heteroatoms. The summed E-state index contributed by atoms with van der Waals surface area (Å²) in [6, 6.07) is 12.2. The number of nitrogens with one attached hydrogen (secondary N) is 1. The second-order valence-electron chi connectivity index (χ2n) is 6.04. The lowest BCUT2D eigenvalue weighted by atomic mass is 10.0. The molecule has 2 aromatic carbocycles. The van der Waals surface area contributed by atoms with Crippen LogP contribution in [0.15, 0.2) is 47.1 Å². The van der Waals surface area contributed by atoms with Crippen LogP contribution in [0, 0.1) is 0 Å². The number of ether oxygens (including phenoxy) is 1. The van der Waals surface area contributed by atoms with E-state index in [1.165, 1.54) is 0 Å². The zero-order valence-corrected chi connectivity index (χ0v) is 12.9. The fourth-order valence-electron chi connectivity index (χ4n) is 3.27. The first-order valence-electron chi connectivity index (χ1n) is 8.07. The normalized spacial score (nSPS) is 17.8. The highest BCUT2D eigenvalue weighted by Crippen LogP contribution is 2.30. The largest absolute Gasteiger partial charge is 0.464 e. The summed E-state index contributed by atoms with van der Waals surface area (Å²) in [5.41, 5.74) is 1.76. The van der Waals surface area contributed by atoms with Gasteiger partial charge in [-0.3, -0.25) is 4.79 Å². The molecule has 2 heterocycles. The monoisotopic (exact) mass is 309 g/mol. The number of amides is 1. The quantitative estimate of drug-likeness (QED) is 0.803. The maximum absolute atomic E-state index is 12.2. The fourth-order valence-corrected chi connectivity index (χ4v) is 3.27. The first-order chi connectivity index (χ1) is 11.3. The summed E-state index contributed by atoms with van der Waals surface area (Å²) in [5, 5.41) is 6.29. The lowest BCUT2D eigenvalue weighted by Crippen LogP contribution is -2.32. The first kappa shape index (κ1) is 14.3. The van der Waals surface area contributed by atoms with Crippen molar-refractivity contribution in [3.8, 4) is 0 Å². The van der Waals surface area contributed by atoms with Gasteiger partial charge in [0.15, 0.2) is 0 Å². The van der Waals surface area contributed by atoms with Crippen LogP contribution in [0.3, 0.4) is 0 Å². The van der Waals surface area contributed by atoms with Crippen LogP contribution in [-0.2, 0) is 16.0 Å². The second kappa shape index (κ2) is 6.05. The lowest BCUT2D eigenvalue weighted by Gasteiger charge is -2.10. The van der Waals surface area contributed by atoms with Gasteiger partial charge < -0.3 is 14.5 Å². The average Bonchev–Trinajstić information content (AvgIpc) is 3.23. The predicted octanol–water partition coefficient (Wildman–Crippen LogP) is 3.42. The van der Waals surface area contributed by atoms with E-state index in [1.807, 2.05) is 24.3 Å². The van der Waals surface area contributed by atoms with Gasteiger partial charge in [-0.25, -0.2) is 0 Å². The number of carbonyl (C=O) groups is 1. The number of hydrogen-bond acceptors (Lipinski definition) is 3. The number of furan rings is 1. The molecule has 0 bridgehead atoms. The molecule has 4 rings (SSSR count). The standard InChI is InChI=1S/C19H19NO3/c21-18(20-11-15-5-3-9-22-15)10-14-12-23-17-8-7-13-4-1-2-6-16(13)19(14)17/h1-2,4,6-8,12,15H,3,5,9-11H2,(H,20,21)/t15-/m0/s1. The Morgan fingerprint density at radius 3 is 3.00 bits per heavy atom. The Morgan fingerprint density at radius 2 is 2.13 bits per heavy atom. The van der Waals surface area contributed by atoms with Crippen molar-refractivity contribution in [1.29, 1.82) is 0 Å². The molecule has 0 aliphatic carbocycles. The molecule has 1 N–H and O–H groups in total. The third kappa shape index (κ3) is 2.82. The molecule has 0 radical (unpaired) electrons. The molecule has 1 aromatic heterocycles. The molecule has 0 unspecified atom stereocenters. The number of rotatable bonds is 4. The Morgan fingerprint density at radius 1 is 1.22 bits per heavy atom. The topological polar surface area (TPSA) is 51.5 Å². The van der Waals surface area contributed by atoms with E-state index in [-0.39, 0.29) is 12.0 Å². The highest BCUT2D eigenvalue weighted by atomic mass is 16.5. The van der Waals surface area contributed by atoms with E-state index in [1.54, 1.807) is 6.26 Å². The number of carbonyl (C=O) groups excluding carboxylic acids is 1. The Bertz CT molecular complexity index is 846. The van der Waals surface area contributed by atoms with E-state index < -0.39 is 0 Å². The van der Waals surface area contributed by atoms with Gasteiger partial charge in [0.1, 0.15) is 5.58 Å². The van der Waals surface area contributed by atoms with E-state index in [0.29, 0.717) is 13.0 Å². The molecule has 118 valence electrons. The van der Waals surface area contributed by atoms with Crippen molar-refractivity contribution < 1.29 is 13.9 Å². The molecule has 1 aliphatic heterocycles. The van der Waals surface area contributed by atoms with Gasteiger partial charge in [-0.2, -0.15) is 0 Å². The van der Waals surface area contributed by atoms with E-state index in [4.69, 9.17) is 9.15 Å². The van der Waals surface area contributed by atoms with Crippen molar-refractivity contribution in [3.05, 3.63) is 48.2 Å². The third-order valence-corrected chi connectivity index (χ3v) is 4.44. The smallest absolute Gasteiger partial charge is 0.224 e. The van der Waals surface area contributed by atoms with Crippen LogP contribution < -0.4 is 5.32 Å². The Labute approximate surface area is 134 Å². The third-order valence-electron chi connectivity index (χ3n) is 4.44. The van der Waals surface area contributed by atoms with E-state index in [9.17, 15) is 4.79 Å². The maximum atomic E-state index is 12.2. The molecular weight excluding hydrogens is 290 g/mol. The highest BCUT2D eigenvalue weighted by molar-refractivity contribution is 6.08. The zero-order valence-electron chi connectivity index (χ0n) is 12.9. The molecule has 0 spiro atoms. The van der Waals surface area contributed by atoms with Crippen molar-refractivity contribution in [2.75, 3.05) is 13.2 Å². The zero-order chi connectivity index (χ0) is 15.6. The molecule has 0 saturated carbocycles. The summed E-state index contributed by atoms with van der Waals surface area (Å²) >= 11 is 0. The van der Waals surface area contributed by atoms with Crippen molar-refractivity contribution in [1.82, 2.24) is 5.32 Å². The van der Waals surface area contributed by atoms with Gasteiger partial charge in [-0.05, 0) is 29.7 Å². The minimum atomic E-state index is 0.0103. The van der Waals surface area contributed by atoms with Crippen molar-refractivity contribution >= 4 is 27.6 Å². The molecule has 1 atom stereocenters. The van der Waals surface area contributed by atoms with Gasteiger partial charge in [-0.15, -0.1) is 0 Å². The number of benzene rings is 2. The van der Waals surface area contributed by atoms with Gasteiger partial charge in [0.25, 0.3) is 0 Å². The van der Waals surface area contributed by atoms with E-state index >= 15 is 0 Å². The Balaban J connectivity index is 1.56. The predicted molar refractivity (Wildman–Crippen MR) is 89.4 cm³/mol. The molecule has 4 nitrogen and oxygen atoms in total. The minimum absolute atomic E-state index is 0.0103. The molecule has 1 amide bonds. The minimum Gasteiger partial charge on any atom is -0.464 e. The molecule has 1 aliphatic rings. The Kier molecular flexibility index (Phi) is 3.75. The first-order valence-corrected chi connectivity index (χ1v) is 8.07. The summed E-state index contributed by atoms with van der Waals surface area (Å²) in [5.74, 6) is 0.0103. The van der Waals surface area contributed by atoms with Crippen molar-refractivity contribution in [2.45, 2.75) is 25.4 Å². The summed E-state index contributed by atoms with van der Waals surface area (Å²) in [6.07, 6.45) is 4.30. The van der Waals surface area contributed by atoms with Crippen LogP contribution in [-0.4, -0.2) is 25.2 Å². The maximum Gasteiger partial charge on any atom is 0.224 e. The fraction of sp³-hybridized carbons (Fsp3) is 0.316. The highest BCUT2D eigenvalue weighted by Gasteiger charge is 2.17. The van der Waals surface area contributed by atoms with E-state index in [0.717, 1.165) is 46.8 Å². The van der Waals surface area contributed by atoms with Crippen LogP contribution in [0.5, 0.6) is 0 Å². The second-order valence-corrected chi connectivity index (χ2v) is 6.04. The molecule has 3 aromatic rings. The van der Waals surface area contributed by atoms with Gasteiger partial charge in [0, 0.05) is 24.1 Å². The van der Waals surface area contributed by atoms with Crippen molar-refractivity contribution in [3.63, 3.8) is 0 Å².